The first-order valence-electron chi connectivity index (χ1n) is 13.6. The molecule has 0 spiro atoms. The molecular formula is C33H40ClNO3S3. The van der Waals surface area contributed by atoms with Crippen molar-refractivity contribution in [1.82, 2.24) is 0 Å². The van der Waals surface area contributed by atoms with Crippen molar-refractivity contribution in [3.63, 3.8) is 0 Å². The standard InChI is InChI=1S/C33H34ClNO3.3H2S/c1-32-19-28(22-7-9-25(10-8-22)35(2)3)30-27-12-11-26(36)18-23(27)20-38-31(30)29(32)14-16-33(32,37)15-13-21-5-4-6-24(34)17-21;;;/h4-10,17-18,28-29,31,37H,11-12,14,16,19-20H2,1-3H3;3*1H2/t28-,29+,31+,32+,33+;;;/m1.../s1. The van der Waals surface area contributed by atoms with Crippen LogP contribution in [0.15, 0.2) is 71.3 Å². The van der Waals surface area contributed by atoms with Crippen LogP contribution >= 0.6 is 52.1 Å². The Labute approximate surface area is 269 Å². The molecule has 2 aromatic rings. The van der Waals surface area contributed by atoms with Gasteiger partial charge >= 0.3 is 0 Å². The zero-order chi connectivity index (χ0) is 26.7. The van der Waals surface area contributed by atoms with E-state index in [1.807, 2.05) is 38.4 Å². The largest absolute Gasteiger partial charge is 0.378 e. The van der Waals surface area contributed by atoms with Crippen LogP contribution < -0.4 is 4.90 Å². The quantitative estimate of drug-likeness (QED) is 0.390. The minimum absolute atomic E-state index is 0. The number of hydrogen-bond acceptors (Lipinski definition) is 4. The summed E-state index contributed by atoms with van der Waals surface area (Å²) in [5.74, 6) is 6.96. The minimum Gasteiger partial charge on any atom is -0.378 e. The van der Waals surface area contributed by atoms with Crippen molar-refractivity contribution in [2.45, 2.75) is 56.7 Å². The van der Waals surface area contributed by atoms with Gasteiger partial charge in [0.25, 0.3) is 0 Å². The summed E-state index contributed by atoms with van der Waals surface area (Å²) in [5.41, 5.74) is 5.26. The lowest BCUT2D eigenvalue weighted by molar-refractivity contribution is -0.115. The van der Waals surface area contributed by atoms with E-state index < -0.39 is 11.0 Å². The van der Waals surface area contributed by atoms with E-state index in [1.165, 1.54) is 16.7 Å². The molecule has 2 saturated carbocycles. The smallest absolute Gasteiger partial charge is 0.156 e. The molecule has 2 fully saturated rings. The van der Waals surface area contributed by atoms with Crippen molar-refractivity contribution >= 4 is 63.6 Å². The molecule has 0 bridgehead atoms. The summed E-state index contributed by atoms with van der Waals surface area (Å²) in [7, 11) is 4.09. The highest BCUT2D eigenvalue weighted by atomic mass is 35.5. The van der Waals surface area contributed by atoms with E-state index in [2.05, 4.69) is 47.9 Å². The van der Waals surface area contributed by atoms with Crippen LogP contribution in [0.2, 0.25) is 5.02 Å². The normalized spacial score (nSPS) is 29.6. The lowest BCUT2D eigenvalue weighted by atomic mass is 9.55. The zero-order valence-corrected chi connectivity index (χ0v) is 27.5. The van der Waals surface area contributed by atoms with Gasteiger partial charge in [0, 0.05) is 48.1 Å². The molecule has 1 heterocycles. The Bertz CT molecular complexity index is 1430. The maximum atomic E-state index is 12.2. The average molecular weight is 630 g/mol. The number of nitrogens with zero attached hydrogens (tertiary/aromatic N) is 1. The lowest BCUT2D eigenvalue weighted by Gasteiger charge is -2.53. The molecule has 0 amide bonds. The average Bonchev–Trinajstić information content (AvgIpc) is 3.17. The van der Waals surface area contributed by atoms with Gasteiger partial charge in [-0.2, -0.15) is 40.5 Å². The Kier molecular flexibility index (Phi) is 10.6. The van der Waals surface area contributed by atoms with Crippen molar-refractivity contribution in [2.75, 3.05) is 25.6 Å². The minimum atomic E-state index is -1.14. The predicted octanol–water partition coefficient (Wildman–Crippen LogP) is 6.42. The molecule has 0 unspecified atom stereocenters. The molecule has 41 heavy (non-hydrogen) atoms. The van der Waals surface area contributed by atoms with E-state index in [4.69, 9.17) is 16.3 Å². The van der Waals surface area contributed by atoms with E-state index in [-0.39, 0.29) is 64.2 Å². The molecule has 4 aliphatic rings. The summed E-state index contributed by atoms with van der Waals surface area (Å²) in [5, 5.41) is 12.8. The molecule has 5 atom stereocenters. The molecule has 1 N–H and O–H groups in total. The Morgan fingerprint density at radius 2 is 1.80 bits per heavy atom. The van der Waals surface area contributed by atoms with Gasteiger partial charge in [-0.3, -0.25) is 4.79 Å². The van der Waals surface area contributed by atoms with Gasteiger partial charge in [-0.05, 0) is 90.3 Å². The number of benzene rings is 2. The number of carbonyl (C=O) groups excluding carboxylic acids is 1. The van der Waals surface area contributed by atoms with Crippen LogP contribution in [0.3, 0.4) is 0 Å². The third-order valence-corrected chi connectivity index (χ3v) is 9.65. The van der Waals surface area contributed by atoms with Gasteiger partial charge in [-0.15, -0.1) is 0 Å². The lowest BCUT2D eigenvalue weighted by Crippen LogP contribution is -2.53. The summed E-state index contributed by atoms with van der Waals surface area (Å²) in [4.78, 5) is 14.3. The molecule has 1 aliphatic heterocycles. The monoisotopic (exact) mass is 629 g/mol. The summed E-state index contributed by atoms with van der Waals surface area (Å²) < 4.78 is 6.60. The van der Waals surface area contributed by atoms with E-state index in [0.29, 0.717) is 24.5 Å². The number of fused-ring (bicyclic) bond motifs is 4. The number of halogens is 1. The van der Waals surface area contributed by atoms with Crippen LogP contribution in [0, 0.1) is 23.2 Å². The first kappa shape index (κ1) is 33.7. The third-order valence-electron chi connectivity index (χ3n) is 9.42. The van der Waals surface area contributed by atoms with Gasteiger partial charge < -0.3 is 14.7 Å². The molecule has 6 rings (SSSR count). The number of hydrogen-bond donors (Lipinski definition) is 1. The number of ether oxygens (including phenoxy) is 1. The molecule has 220 valence electrons. The highest BCUT2D eigenvalue weighted by Gasteiger charge is 2.63. The molecule has 2 aromatic carbocycles. The molecule has 4 nitrogen and oxygen atoms in total. The van der Waals surface area contributed by atoms with E-state index >= 15 is 0 Å². The van der Waals surface area contributed by atoms with Gasteiger partial charge in [0.1, 0.15) is 5.60 Å². The van der Waals surface area contributed by atoms with Crippen molar-refractivity contribution in [3.8, 4) is 11.8 Å². The number of rotatable bonds is 2. The van der Waals surface area contributed by atoms with Crippen molar-refractivity contribution in [1.29, 1.82) is 0 Å². The molecule has 8 heteroatoms. The topological polar surface area (TPSA) is 49.8 Å². The highest BCUT2D eigenvalue weighted by molar-refractivity contribution is 7.59. The predicted molar refractivity (Wildman–Crippen MR) is 182 cm³/mol. The van der Waals surface area contributed by atoms with Gasteiger partial charge in [0.2, 0.25) is 0 Å². The fourth-order valence-electron chi connectivity index (χ4n) is 7.27. The van der Waals surface area contributed by atoms with E-state index in [1.54, 1.807) is 6.08 Å². The van der Waals surface area contributed by atoms with Crippen LogP contribution in [0.1, 0.15) is 56.1 Å². The number of aliphatic hydroxyl groups is 1. The number of anilines is 1. The van der Waals surface area contributed by atoms with Gasteiger partial charge in [0.15, 0.2) is 5.78 Å². The van der Waals surface area contributed by atoms with Crippen molar-refractivity contribution in [2.24, 2.45) is 11.3 Å². The van der Waals surface area contributed by atoms with Crippen LogP contribution in [0.4, 0.5) is 5.69 Å². The molecule has 3 aliphatic carbocycles. The fraction of sp³-hybridized carbons (Fsp3) is 0.424. The first-order chi connectivity index (χ1) is 18.2. The SMILES string of the molecule is CN(C)c1ccc([C@H]2C[C@@]3(C)[C@@H](CC[C@@]3(O)C#Cc3cccc(Cl)c3)[C@@H]3OCC4=CC(=O)CCC4=C32)cc1.S.S.S. The molecular weight excluding hydrogens is 590 g/mol. The van der Waals surface area contributed by atoms with Crippen LogP contribution in [-0.4, -0.2) is 43.3 Å². The Morgan fingerprint density at radius 1 is 1.07 bits per heavy atom. The molecule has 0 saturated heterocycles. The Morgan fingerprint density at radius 3 is 2.49 bits per heavy atom. The van der Waals surface area contributed by atoms with Crippen molar-refractivity contribution in [3.05, 3.63) is 87.5 Å². The summed E-state index contributed by atoms with van der Waals surface area (Å²) in [6, 6.07) is 16.2. The number of carbonyl (C=O) groups is 1. The second-order valence-electron chi connectivity index (χ2n) is 11.7. The molecule has 0 aromatic heterocycles. The second-order valence-corrected chi connectivity index (χ2v) is 12.2. The van der Waals surface area contributed by atoms with Crippen LogP contribution in [0.5, 0.6) is 0 Å². The van der Waals surface area contributed by atoms with Crippen LogP contribution in [-0.2, 0) is 9.53 Å². The highest BCUT2D eigenvalue weighted by Crippen LogP contribution is 2.64. The Balaban J connectivity index is 0.00000154. The van der Waals surface area contributed by atoms with Gasteiger partial charge in [-0.25, -0.2) is 0 Å². The maximum Gasteiger partial charge on any atom is 0.156 e. The van der Waals surface area contributed by atoms with Gasteiger partial charge in [0.05, 0.1) is 12.7 Å². The third kappa shape index (κ3) is 5.89. The van der Waals surface area contributed by atoms with Crippen LogP contribution in [0.25, 0.3) is 0 Å². The summed E-state index contributed by atoms with van der Waals surface area (Å²) in [6.07, 6.45) is 5.27. The van der Waals surface area contributed by atoms with Crippen molar-refractivity contribution < 1.29 is 14.6 Å². The zero-order valence-electron chi connectivity index (χ0n) is 23.8. The molecule has 0 radical (unpaired) electrons. The number of ketones is 1. The summed E-state index contributed by atoms with van der Waals surface area (Å²) in [6.45, 7) is 2.67. The summed E-state index contributed by atoms with van der Waals surface area (Å²) >= 11 is 6.19. The second kappa shape index (κ2) is 12.8. The van der Waals surface area contributed by atoms with E-state index in [9.17, 15) is 9.90 Å². The number of allylic oxidation sites excluding steroid dienone is 1. The fourth-order valence-corrected chi connectivity index (χ4v) is 7.46. The van der Waals surface area contributed by atoms with Gasteiger partial charge in [-0.1, -0.05) is 48.6 Å². The maximum absolute atomic E-state index is 12.2. The Hall–Kier alpha value is -1.79. The first-order valence-corrected chi connectivity index (χ1v) is 13.9. The van der Waals surface area contributed by atoms with E-state index in [0.717, 1.165) is 36.1 Å².